The van der Waals surface area contributed by atoms with E-state index in [1.54, 1.807) is 6.20 Å². The summed E-state index contributed by atoms with van der Waals surface area (Å²) in [5.41, 5.74) is 4.97. The highest BCUT2D eigenvalue weighted by molar-refractivity contribution is 6.07. The quantitative estimate of drug-likeness (QED) is 0.648. The Hall–Kier alpha value is -3.06. The summed E-state index contributed by atoms with van der Waals surface area (Å²) in [4.78, 5) is 14.4. The van der Waals surface area contributed by atoms with Crippen LogP contribution in [0.1, 0.15) is 23.6 Å². The van der Waals surface area contributed by atoms with E-state index in [2.05, 4.69) is 5.32 Å². The first kappa shape index (κ1) is 18.3. The molecule has 25 heavy (non-hydrogen) atoms. The van der Waals surface area contributed by atoms with Gasteiger partial charge in [-0.2, -0.15) is 5.26 Å². The average Bonchev–Trinajstić information content (AvgIpc) is 2.60. The molecule has 0 aliphatic heterocycles. The van der Waals surface area contributed by atoms with Gasteiger partial charge in [0.25, 0.3) is 5.91 Å². The van der Waals surface area contributed by atoms with Crippen LogP contribution in [-0.4, -0.2) is 12.5 Å². The van der Waals surface area contributed by atoms with E-state index in [0.29, 0.717) is 6.54 Å². The van der Waals surface area contributed by atoms with Crippen LogP contribution in [0.15, 0.2) is 54.2 Å². The van der Waals surface area contributed by atoms with Crippen LogP contribution in [0.2, 0.25) is 0 Å². The zero-order chi connectivity index (χ0) is 18.4. The number of hydrogen-bond acceptors (Lipinski definition) is 3. The van der Waals surface area contributed by atoms with Crippen LogP contribution < -0.4 is 10.2 Å². The molecule has 2 aromatic rings. The van der Waals surface area contributed by atoms with Crippen molar-refractivity contribution >= 4 is 17.3 Å². The third-order valence-corrected chi connectivity index (χ3v) is 4.18. The normalized spacial score (nSPS) is 10.9. The Morgan fingerprint density at radius 3 is 2.56 bits per heavy atom. The first-order valence-electron chi connectivity index (χ1n) is 8.29. The summed E-state index contributed by atoms with van der Waals surface area (Å²) in [6, 6.07) is 15.7. The van der Waals surface area contributed by atoms with Crippen molar-refractivity contribution in [3.05, 3.63) is 70.9 Å². The molecule has 0 aliphatic carbocycles. The Bertz CT molecular complexity index is 846. The van der Waals surface area contributed by atoms with Gasteiger partial charge in [-0.3, -0.25) is 4.79 Å². The van der Waals surface area contributed by atoms with E-state index in [1.807, 2.05) is 81.1 Å². The Balaban J connectivity index is 2.27. The molecule has 0 unspecified atom stereocenters. The molecule has 0 saturated carbocycles. The van der Waals surface area contributed by atoms with Crippen LogP contribution in [-0.2, 0) is 4.79 Å². The van der Waals surface area contributed by atoms with Gasteiger partial charge in [0, 0.05) is 24.1 Å². The topological polar surface area (TPSA) is 56.1 Å². The van der Waals surface area contributed by atoms with Crippen LogP contribution >= 0.6 is 0 Å². The molecule has 4 nitrogen and oxygen atoms in total. The van der Waals surface area contributed by atoms with E-state index in [1.165, 1.54) is 0 Å². The Morgan fingerprint density at radius 1 is 1.20 bits per heavy atom. The summed E-state index contributed by atoms with van der Waals surface area (Å²) in [5, 5.41) is 12.3. The number of benzene rings is 2. The Morgan fingerprint density at radius 2 is 1.92 bits per heavy atom. The van der Waals surface area contributed by atoms with Crippen molar-refractivity contribution in [2.24, 2.45) is 0 Å². The van der Waals surface area contributed by atoms with E-state index >= 15 is 0 Å². The fourth-order valence-corrected chi connectivity index (χ4v) is 2.53. The smallest absolute Gasteiger partial charge is 0.267 e. The maximum absolute atomic E-state index is 12.5. The largest absolute Gasteiger partial charge is 0.347 e. The van der Waals surface area contributed by atoms with Gasteiger partial charge in [0.15, 0.2) is 0 Å². The van der Waals surface area contributed by atoms with Gasteiger partial charge in [0.05, 0.1) is 0 Å². The highest BCUT2D eigenvalue weighted by atomic mass is 16.1. The summed E-state index contributed by atoms with van der Waals surface area (Å²) in [6.07, 6.45) is 1.61. The van der Waals surface area contributed by atoms with Gasteiger partial charge < -0.3 is 10.2 Å². The molecule has 128 valence electrons. The molecule has 2 rings (SSSR count). The van der Waals surface area contributed by atoms with E-state index in [0.717, 1.165) is 28.1 Å². The molecular weight excluding hydrogens is 310 g/mol. The van der Waals surface area contributed by atoms with E-state index in [9.17, 15) is 10.1 Å². The lowest BCUT2D eigenvalue weighted by atomic mass is 10.1. The van der Waals surface area contributed by atoms with Gasteiger partial charge in [-0.1, -0.05) is 24.3 Å². The van der Waals surface area contributed by atoms with Gasteiger partial charge in [0.1, 0.15) is 11.6 Å². The zero-order valence-corrected chi connectivity index (χ0v) is 15.1. The third-order valence-electron chi connectivity index (χ3n) is 4.18. The molecule has 0 fully saturated rings. The van der Waals surface area contributed by atoms with Gasteiger partial charge >= 0.3 is 0 Å². The molecule has 0 radical (unpaired) electrons. The number of carbonyl (C=O) groups is 1. The summed E-state index contributed by atoms with van der Waals surface area (Å²) in [7, 11) is 0. The number of anilines is 2. The number of rotatable bonds is 5. The second-order valence-electron chi connectivity index (χ2n) is 5.98. The van der Waals surface area contributed by atoms with Gasteiger partial charge in [-0.15, -0.1) is 0 Å². The Labute approximate surface area is 149 Å². The van der Waals surface area contributed by atoms with Crippen molar-refractivity contribution < 1.29 is 4.79 Å². The number of carbonyl (C=O) groups excluding carboxylic acids is 1. The molecule has 0 aromatic heterocycles. The van der Waals surface area contributed by atoms with Gasteiger partial charge in [-0.05, 0) is 62.6 Å². The molecule has 4 heteroatoms. The molecule has 2 aromatic carbocycles. The summed E-state index contributed by atoms with van der Waals surface area (Å²) < 4.78 is 0. The van der Waals surface area contributed by atoms with Gasteiger partial charge in [-0.25, -0.2) is 0 Å². The zero-order valence-electron chi connectivity index (χ0n) is 15.1. The Kier molecular flexibility index (Phi) is 5.97. The lowest BCUT2D eigenvalue weighted by molar-refractivity contribution is -0.112. The van der Waals surface area contributed by atoms with Gasteiger partial charge in [0.2, 0.25) is 0 Å². The van der Waals surface area contributed by atoms with Crippen molar-refractivity contribution in [1.29, 1.82) is 5.26 Å². The second kappa shape index (κ2) is 8.16. The molecule has 1 N–H and O–H groups in total. The third kappa shape index (κ3) is 4.48. The minimum atomic E-state index is -0.401. The van der Waals surface area contributed by atoms with Crippen molar-refractivity contribution in [3.8, 4) is 6.07 Å². The highest BCUT2D eigenvalue weighted by Gasteiger charge is 2.13. The van der Waals surface area contributed by atoms with E-state index in [-0.39, 0.29) is 5.57 Å². The van der Waals surface area contributed by atoms with Crippen LogP contribution in [0, 0.1) is 32.1 Å². The minimum absolute atomic E-state index is 0.0734. The first-order valence-corrected chi connectivity index (χ1v) is 8.29. The number of nitriles is 1. The first-order chi connectivity index (χ1) is 12.0. The minimum Gasteiger partial charge on any atom is -0.347 e. The fourth-order valence-electron chi connectivity index (χ4n) is 2.53. The lowest BCUT2D eigenvalue weighted by Gasteiger charge is -2.19. The molecule has 0 saturated heterocycles. The van der Waals surface area contributed by atoms with Crippen LogP contribution in [0.4, 0.5) is 11.4 Å². The predicted molar refractivity (Wildman–Crippen MR) is 102 cm³/mol. The summed E-state index contributed by atoms with van der Waals surface area (Å²) in [5.74, 6) is -0.401. The summed E-state index contributed by atoms with van der Waals surface area (Å²) >= 11 is 0. The van der Waals surface area contributed by atoms with Crippen molar-refractivity contribution in [3.63, 3.8) is 0 Å². The van der Waals surface area contributed by atoms with Crippen molar-refractivity contribution in [2.75, 3.05) is 16.8 Å². The number of nitrogens with one attached hydrogen (secondary N) is 1. The number of aryl methyl sites for hydroxylation is 2. The van der Waals surface area contributed by atoms with E-state index in [4.69, 9.17) is 0 Å². The predicted octanol–water partition coefficient (Wildman–Crippen LogP) is 4.48. The van der Waals surface area contributed by atoms with Crippen LogP contribution in [0.3, 0.4) is 0 Å². The molecule has 0 spiro atoms. The number of nitrogens with zero attached hydrogens (tertiary/aromatic N) is 2. The standard InChI is InChI=1S/C21H23N3O/c1-5-24(19-10-6-8-15(2)12-19)14-18(13-22)21(25)23-20-11-7-9-16(3)17(20)4/h6-12,14H,5H2,1-4H3,(H,23,25)/b18-14-. The average molecular weight is 333 g/mol. The fraction of sp³-hybridized carbons (Fsp3) is 0.238. The number of amides is 1. The molecule has 0 bridgehead atoms. The molecular formula is C21H23N3O. The van der Waals surface area contributed by atoms with E-state index < -0.39 is 5.91 Å². The molecule has 0 aliphatic rings. The second-order valence-corrected chi connectivity index (χ2v) is 5.98. The molecule has 0 heterocycles. The van der Waals surface area contributed by atoms with Crippen LogP contribution in [0.5, 0.6) is 0 Å². The lowest BCUT2D eigenvalue weighted by Crippen LogP contribution is -2.21. The number of hydrogen-bond donors (Lipinski definition) is 1. The van der Waals surface area contributed by atoms with Crippen LogP contribution in [0.25, 0.3) is 0 Å². The highest BCUT2D eigenvalue weighted by Crippen LogP contribution is 2.20. The molecule has 1 amide bonds. The summed E-state index contributed by atoms with van der Waals surface area (Å²) in [6.45, 7) is 8.59. The maximum atomic E-state index is 12.5. The SMILES string of the molecule is CCN(/C=C(/C#N)C(=O)Nc1cccc(C)c1C)c1cccc(C)c1. The monoisotopic (exact) mass is 333 g/mol. The van der Waals surface area contributed by atoms with Crippen molar-refractivity contribution in [1.82, 2.24) is 0 Å². The maximum Gasteiger partial charge on any atom is 0.267 e. The van der Waals surface area contributed by atoms with Crippen molar-refractivity contribution in [2.45, 2.75) is 27.7 Å². The molecule has 0 atom stereocenters.